The van der Waals surface area contributed by atoms with E-state index in [1.54, 1.807) is 0 Å². The van der Waals surface area contributed by atoms with E-state index < -0.39 is 0 Å². The van der Waals surface area contributed by atoms with Gasteiger partial charge < -0.3 is 0 Å². The third-order valence-electron chi connectivity index (χ3n) is 2.73. The quantitative estimate of drug-likeness (QED) is 0.779. The van der Waals surface area contributed by atoms with Crippen LogP contribution in [0.1, 0.15) is 23.9 Å². The molecule has 0 N–H and O–H groups in total. The van der Waals surface area contributed by atoms with Gasteiger partial charge in [-0.2, -0.15) is 0 Å². The summed E-state index contributed by atoms with van der Waals surface area (Å²) in [6.07, 6.45) is 0.845. The molecule has 1 aromatic carbocycles. The lowest BCUT2D eigenvalue weighted by Crippen LogP contribution is -1.97. The van der Waals surface area contributed by atoms with E-state index in [9.17, 15) is 0 Å². The topological polar surface area (TPSA) is 25.8 Å². The van der Waals surface area contributed by atoms with Gasteiger partial charge in [-0.3, -0.25) is 0 Å². The summed E-state index contributed by atoms with van der Waals surface area (Å²) in [4.78, 5) is 8.92. The molecule has 1 heterocycles. The van der Waals surface area contributed by atoms with Crippen molar-refractivity contribution in [3.63, 3.8) is 0 Å². The zero-order chi connectivity index (χ0) is 12.4. The van der Waals surface area contributed by atoms with Gasteiger partial charge in [0.25, 0.3) is 0 Å². The van der Waals surface area contributed by atoms with Crippen molar-refractivity contribution in [3.8, 4) is 11.3 Å². The Morgan fingerprint density at radius 2 is 1.88 bits per heavy atom. The molecule has 0 saturated carbocycles. The van der Waals surface area contributed by atoms with E-state index in [0.717, 1.165) is 22.5 Å². The van der Waals surface area contributed by atoms with Gasteiger partial charge >= 0.3 is 0 Å². The normalized spacial score (nSPS) is 10.6. The monoisotopic (exact) mass is 290 g/mol. The molecule has 0 bridgehead atoms. The summed E-state index contributed by atoms with van der Waals surface area (Å²) < 4.78 is 0.847. The number of hydrogen-bond donors (Lipinski definition) is 0. The maximum absolute atomic E-state index is 4.58. The van der Waals surface area contributed by atoms with E-state index in [-0.39, 0.29) is 0 Å². The Balaban J connectivity index is 2.59. The Morgan fingerprint density at radius 3 is 2.59 bits per heavy atom. The SMILES string of the molecule is CCc1nc(Br)cc(-c2cc(C)ccc2C)n1. The van der Waals surface area contributed by atoms with Crippen LogP contribution in [0.3, 0.4) is 0 Å². The molecule has 88 valence electrons. The van der Waals surface area contributed by atoms with Crippen molar-refractivity contribution in [2.24, 2.45) is 0 Å². The largest absolute Gasteiger partial charge is 0.233 e. The Morgan fingerprint density at radius 1 is 1.12 bits per heavy atom. The van der Waals surface area contributed by atoms with Gasteiger partial charge in [-0.25, -0.2) is 9.97 Å². The van der Waals surface area contributed by atoms with Crippen LogP contribution in [0.2, 0.25) is 0 Å². The molecule has 0 saturated heterocycles. The van der Waals surface area contributed by atoms with E-state index in [4.69, 9.17) is 0 Å². The molecule has 0 aliphatic heterocycles. The molecular weight excluding hydrogens is 276 g/mol. The van der Waals surface area contributed by atoms with Gasteiger partial charge in [0.15, 0.2) is 0 Å². The zero-order valence-electron chi connectivity index (χ0n) is 10.3. The summed E-state index contributed by atoms with van der Waals surface area (Å²) >= 11 is 3.44. The van der Waals surface area contributed by atoms with Crippen molar-refractivity contribution in [1.29, 1.82) is 0 Å². The van der Waals surface area contributed by atoms with E-state index in [1.807, 2.05) is 6.07 Å². The highest BCUT2D eigenvalue weighted by Crippen LogP contribution is 2.24. The summed E-state index contributed by atoms with van der Waals surface area (Å²) in [6.45, 7) is 6.27. The zero-order valence-corrected chi connectivity index (χ0v) is 11.9. The van der Waals surface area contributed by atoms with Crippen LogP contribution in [0.25, 0.3) is 11.3 Å². The van der Waals surface area contributed by atoms with Crippen LogP contribution in [-0.4, -0.2) is 9.97 Å². The predicted octanol–water partition coefficient (Wildman–Crippen LogP) is 4.09. The van der Waals surface area contributed by atoms with E-state index in [1.165, 1.54) is 16.7 Å². The molecule has 17 heavy (non-hydrogen) atoms. The predicted molar refractivity (Wildman–Crippen MR) is 74.0 cm³/mol. The summed E-state index contributed by atoms with van der Waals surface area (Å²) in [6, 6.07) is 8.40. The molecule has 2 nitrogen and oxygen atoms in total. The van der Waals surface area contributed by atoms with Gasteiger partial charge in [-0.1, -0.05) is 24.6 Å². The fourth-order valence-electron chi connectivity index (χ4n) is 1.77. The van der Waals surface area contributed by atoms with Gasteiger partial charge in [0, 0.05) is 12.0 Å². The molecule has 0 aliphatic carbocycles. The molecular formula is C14H15BrN2. The van der Waals surface area contributed by atoms with Crippen molar-refractivity contribution in [3.05, 3.63) is 45.8 Å². The lowest BCUT2D eigenvalue weighted by Gasteiger charge is -2.08. The average molecular weight is 291 g/mol. The van der Waals surface area contributed by atoms with Crippen molar-refractivity contribution in [1.82, 2.24) is 9.97 Å². The second kappa shape index (κ2) is 4.96. The first kappa shape index (κ1) is 12.2. The van der Waals surface area contributed by atoms with Crippen LogP contribution in [-0.2, 0) is 6.42 Å². The maximum atomic E-state index is 4.58. The lowest BCUT2D eigenvalue weighted by molar-refractivity contribution is 0.931. The first-order valence-corrected chi connectivity index (χ1v) is 6.50. The highest BCUT2D eigenvalue weighted by atomic mass is 79.9. The standard InChI is InChI=1S/C14H15BrN2/c1-4-14-16-12(8-13(15)17-14)11-7-9(2)5-6-10(11)3/h5-8H,4H2,1-3H3. The molecule has 0 aliphatic rings. The van der Waals surface area contributed by atoms with Crippen LogP contribution in [0, 0.1) is 13.8 Å². The first-order valence-electron chi connectivity index (χ1n) is 5.71. The van der Waals surface area contributed by atoms with E-state index >= 15 is 0 Å². The second-order valence-electron chi connectivity index (χ2n) is 4.16. The number of benzene rings is 1. The van der Waals surface area contributed by atoms with Crippen molar-refractivity contribution in [2.75, 3.05) is 0 Å². The van der Waals surface area contributed by atoms with Gasteiger partial charge in [0.1, 0.15) is 10.4 Å². The Labute approximate surface area is 110 Å². The summed E-state index contributed by atoms with van der Waals surface area (Å²) in [5.41, 5.74) is 4.66. The molecule has 0 spiro atoms. The maximum Gasteiger partial charge on any atom is 0.130 e. The molecule has 2 aromatic rings. The molecule has 0 atom stereocenters. The molecule has 1 aromatic heterocycles. The number of nitrogens with zero attached hydrogens (tertiary/aromatic N) is 2. The van der Waals surface area contributed by atoms with Gasteiger partial charge in [0.05, 0.1) is 5.69 Å². The van der Waals surface area contributed by atoms with Crippen LogP contribution >= 0.6 is 15.9 Å². The summed E-state index contributed by atoms with van der Waals surface area (Å²) in [7, 11) is 0. The Kier molecular flexibility index (Phi) is 3.57. The van der Waals surface area contributed by atoms with Gasteiger partial charge in [0.2, 0.25) is 0 Å². The minimum absolute atomic E-state index is 0.845. The molecule has 0 amide bonds. The smallest absolute Gasteiger partial charge is 0.130 e. The summed E-state index contributed by atoms with van der Waals surface area (Å²) in [5, 5.41) is 0. The molecule has 0 unspecified atom stereocenters. The fourth-order valence-corrected chi connectivity index (χ4v) is 2.19. The minimum Gasteiger partial charge on any atom is -0.233 e. The average Bonchev–Trinajstić information content (AvgIpc) is 2.31. The number of aromatic nitrogens is 2. The van der Waals surface area contributed by atoms with Crippen LogP contribution in [0.15, 0.2) is 28.9 Å². The fraction of sp³-hybridized carbons (Fsp3) is 0.286. The molecule has 0 fully saturated rings. The van der Waals surface area contributed by atoms with Crippen LogP contribution in [0.4, 0.5) is 0 Å². The third-order valence-corrected chi connectivity index (χ3v) is 3.13. The molecule has 3 heteroatoms. The molecule has 0 radical (unpaired) electrons. The Bertz CT molecular complexity index is 550. The number of halogens is 1. The second-order valence-corrected chi connectivity index (χ2v) is 4.98. The van der Waals surface area contributed by atoms with Crippen LogP contribution < -0.4 is 0 Å². The number of rotatable bonds is 2. The highest BCUT2D eigenvalue weighted by molar-refractivity contribution is 9.10. The van der Waals surface area contributed by atoms with Crippen molar-refractivity contribution in [2.45, 2.75) is 27.2 Å². The molecule has 2 rings (SSSR count). The number of hydrogen-bond acceptors (Lipinski definition) is 2. The summed E-state index contributed by atoms with van der Waals surface area (Å²) in [5.74, 6) is 0.871. The van der Waals surface area contributed by atoms with E-state index in [0.29, 0.717) is 0 Å². The number of aryl methyl sites for hydroxylation is 3. The lowest BCUT2D eigenvalue weighted by atomic mass is 10.0. The highest BCUT2D eigenvalue weighted by Gasteiger charge is 2.07. The van der Waals surface area contributed by atoms with Crippen LogP contribution in [0.5, 0.6) is 0 Å². The van der Waals surface area contributed by atoms with Gasteiger partial charge in [-0.15, -0.1) is 0 Å². The first-order chi connectivity index (χ1) is 8.10. The van der Waals surface area contributed by atoms with E-state index in [2.05, 4.69) is 64.9 Å². The van der Waals surface area contributed by atoms with Crippen molar-refractivity contribution < 1.29 is 0 Å². The Hall–Kier alpha value is -1.22. The third kappa shape index (κ3) is 2.72. The van der Waals surface area contributed by atoms with Crippen molar-refractivity contribution >= 4 is 15.9 Å². The minimum atomic E-state index is 0.845. The van der Waals surface area contributed by atoms with Gasteiger partial charge in [-0.05, 0) is 47.5 Å².